The summed E-state index contributed by atoms with van der Waals surface area (Å²) in [5.41, 5.74) is 1.62. The molecule has 3 aromatic carbocycles. The van der Waals surface area contributed by atoms with Gasteiger partial charge in [-0.2, -0.15) is 0 Å². The van der Waals surface area contributed by atoms with Gasteiger partial charge in [-0.15, -0.1) is 0 Å². The van der Waals surface area contributed by atoms with Gasteiger partial charge in [-0.1, -0.05) is 12.1 Å². The molecular formula is C26H21F2N3O4. The highest BCUT2D eigenvalue weighted by Crippen LogP contribution is 2.31. The lowest BCUT2D eigenvalue weighted by Gasteiger charge is -2.30. The molecule has 0 atom stereocenters. The zero-order valence-electron chi connectivity index (χ0n) is 18.5. The molecule has 0 radical (unpaired) electrons. The number of anilines is 1. The van der Waals surface area contributed by atoms with Crippen molar-refractivity contribution in [1.29, 1.82) is 0 Å². The fourth-order valence-electron chi connectivity index (χ4n) is 4.24. The Bertz CT molecular complexity index is 1370. The second kappa shape index (κ2) is 9.17. The van der Waals surface area contributed by atoms with Crippen LogP contribution in [-0.4, -0.2) is 39.9 Å². The minimum absolute atomic E-state index is 0.0973. The number of rotatable bonds is 4. The first kappa shape index (κ1) is 22.5. The van der Waals surface area contributed by atoms with Crippen molar-refractivity contribution >= 4 is 28.6 Å². The van der Waals surface area contributed by atoms with Crippen molar-refractivity contribution in [3.05, 3.63) is 89.3 Å². The first-order valence-corrected chi connectivity index (χ1v) is 11.1. The standard InChI is InChI=1S/C26H21F2N3O4/c27-17-11-16(12-18(28)13-17)24(33)29-19-5-6-20(22(32)14-19)26(34)31-9-7-15(8-10-31)25-30-21-3-1-2-4-23(21)35-25/h1-6,11-15,32H,7-10H2,(H,29,33). The molecule has 5 rings (SSSR count). The minimum Gasteiger partial charge on any atom is -0.507 e. The Hall–Kier alpha value is -4.27. The molecule has 1 aromatic heterocycles. The van der Waals surface area contributed by atoms with E-state index in [1.54, 1.807) is 4.90 Å². The Morgan fingerprint density at radius 3 is 2.40 bits per heavy atom. The fraction of sp³-hybridized carbons (Fsp3) is 0.192. The number of halogens is 2. The van der Waals surface area contributed by atoms with E-state index in [9.17, 15) is 23.5 Å². The number of benzene rings is 3. The van der Waals surface area contributed by atoms with E-state index in [0.717, 1.165) is 23.2 Å². The number of phenols is 1. The number of aromatic hydroxyl groups is 1. The number of oxazole rings is 1. The van der Waals surface area contributed by atoms with Gasteiger partial charge in [0.25, 0.3) is 11.8 Å². The molecule has 0 saturated carbocycles. The predicted molar refractivity (Wildman–Crippen MR) is 124 cm³/mol. The van der Waals surface area contributed by atoms with Crippen molar-refractivity contribution in [1.82, 2.24) is 9.88 Å². The number of para-hydroxylation sites is 2. The maximum atomic E-state index is 13.4. The van der Waals surface area contributed by atoms with Gasteiger partial charge in [0.15, 0.2) is 11.5 Å². The van der Waals surface area contributed by atoms with Crippen LogP contribution in [0.2, 0.25) is 0 Å². The summed E-state index contributed by atoms with van der Waals surface area (Å²) in [7, 11) is 0. The van der Waals surface area contributed by atoms with Crippen LogP contribution in [0, 0.1) is 11.6 Å². The number of nitrogens with one attached hydrogen (secondary N) is 1. The smallest absolute Gasteiger partial charge is 0.257 e. The largest absolute Gasteiger partial charge is 0.507 e. The summed E-state index contributed by atoms with van der Waals surface area (Å²) in [4.78, 5) is 31.5. The fourth-order valence-corrected chi connectivity index (χ4v) is 4.24. The van der Waals surface area contributed by atoms with Crippen molar-refractivity contribution in [3.63, 3.8) is 0 Å². The number of nitrogens with zero attached hydrogens (tertiary/aromatic N) is 2. The van der Waals surface area contributed by atoms with Crippen LogP contribution < -0.4 is 5.32 Å². The van der Waals surface area contributed by atoms with Gasteiger partial charge in [-0.3, -0.25) is 9.59 Å². The zero-order chi connectivity index (χ0) is 24.5. The first-order chi connectivity index (χ1) is 16.9. The molecule has 1 aliphatic rings. The van der Waals surface area contributed by atoms with Crippen LogP contribution in [-0.2, 0) is 0 Å². The number of hydrogen-bond donors (Lipinski definition) is 2. The summed E-state index contributed by atoms with van der Waals surface area (Å²) in [6.45, 7) is 0.955. The molecule has 2 heterocycles. The van der Waals surface area contributed by atoms with E-state index in [0.29, 0.717) is 37.9 Å². The maximum absolute atomic E-state index is 13.4. The van der Waals surface area contributed by atoms with Crippen LogP contribution in [0.25, 0.3) is 11.1 Å². The van der Waals surface area contributed by atoms with Crippen LogP contribution in [0.3, 0.4) is 0 Å². The molecule has 0 bridgehead atoms. The lowest BCUT2D eigenvalue weighted by atomic mass is 9.96. The molecule has 2 N–H and O–H groups in total. The van der Waals surface area contributed by atoms with Crippen molar-refractivity contribution in [3.8, 4) is 5.75 Å². The van der Waals surface area contributed by atoms with E-state index in [2.05, 4.69) is 10.3 Å². The number of phenolic OH excluding ortho intramolecular Hbond substituents is 1. The lowest BCUT2D eigenvalue weighted by Crippen LogP contribution is -2.38. The number of fused-ring (bicyclic) bond motifs is 1. The zero-order valence-corrected chi connectivity index (χ0v) is 18.5. The van der Waals surface area contributed by atoms with Gasteiger partial charge in [0, 0.05) is 42.4 Å². The topological polar surface area (TPSA) is 95.7 Å². The third-order valence-corrected chi connectivity index (χ3v) is 6.05. The normalized spacial score (nSPS) is 14.3. The second-order valence-corrected chi connectivity index (χ2v) is 8.43. The summed E-state index contributed by atoms with van der Waals surface area (Å²) >= 11 is 0. The van der Waals surface area contributed by atoms with Crippen LogP contribution in [0.5, 0.6) is 5.75 Å². The van der Waals surface area contributed by atoms with Gasteiger partial charge in [0.05, 0.1) is 5.56 Å². The molecule has 1 aliphatic heterocycles. The van der Waals surface area contributed by atoms with Gasteiger partial charge in [0.2, 0.25) is 0 Å². The second-order valence-electron chi connectivity index (χ2n) is 8.43. The summed E-state index contributed by atoms with van der Waals surface area (Å²) in [6, 6.07) is 14.1. The highest BCUT2D eigenvalue weighted by atomic mass is 19.1. The molecular weight excluding hydrogens is 456 g/mol. The van der Waals surface area contributed by atoms with Crippen LogP contribution in [0.15, 0.2) is 65.1 Å². The van der Waals surface area contributed by atoms with Gasteiger partial charge in [0.1, 0.15) is 22.9 Å². The Balaban J connectivity index is 1.23. The van der Waals surface area contributed by atoms with Gasteiger partial charge >= 0.3 is 0 Å². The van der Waals surface area contributed by atoms with E-state index in [1.165, 1.54) is 18.2 Å². The minimum atomic E-state index is -0.876. The molecule has 0 spiro atoms. The maximum Gasteiger partial charge on any atom is 0.257 e. The SMILES string of the molecule is O=C(Nc1ccc(C(=O)N2CCC(c3nc4ccccc4o3)CC2)c(O)c1)c1cc(F)cc(F)c1. The van der Waals surface area contributed by atoms with Crippen LogP contribution >= 0.6 is 0 Å². The average Bonchev–Trinajstić information content (AvgIpc) is 3.28. The molecule has 1 saturated heterocycles. The number of amides is 2. The monoisotopic (exact) mass is 477 g/mol. The predicted octanol–water partition coefficient (Wildman–Crippen LogP) is 5.08. The number of likely N-dealkylation sites (tertiary alicyclic amines) is 1. The molecule has 178 valence electrons. The molecule has 2 amide bonds. The third-order valence-electron chi connectivity index (χ3n) is 6.05. The summed E-state index contributed by atoms with van der Waals surface area (Å²) in [6.07, 6.45) is 1.36. The van der Waals surface area contributed by atoms with Crippen molar-refractivity contribution in [2.75, 3.05) is 18.4 Å². The molecule has 35 heavy (non-hydrogen) atoms. The molecule has 0 aliphatic carbocycles. The number of piperidine rings is 1. The number of aromatic nitrogens is 1. The van der Waals surface area contributed by atoms with Crippen molar-refractivity contribution < 1.29 is 27.9 Å². The summed E-state index contributed by atoms with van der Waals surface area (Å²) < 4.78 is 32.6. The molecule has 4 aromatic rings. The Morgan fingerprint density at radius 1 is 1.00 bits per heavy atom. The van der Waals surface area contributed by atoms with Gasteiger partial charge in [-0.25, -0.2) is 13.8 Å². The van der Waals surface area contributed by atoms with Crippen LogP contribution in [0.1, 0.15) is 45.4 Å². The van der Waals surface area contributed by atoms with Crippen molar-refractivity contribution in [2.45, 2.75) is 18.8 Å². The van der Waals surface area contributed by atoms with Gasteiger partial charge < -0.3 is 19.7 Å². The molecule has 9 heteroatoms. The van der Waals surface area contributed by atoms with E-state index in [-0.39, 0.29) is 34.4 Å². The number of carbonyl (C=O) groups excluding carboxylic acids is 2. The summed E-state index contributed by atoms with van der Waals surface area (Å²) in [5.74, 6) is -2.37. The van der Waals surface area contributed by atoms with E-state index in [4.69, 9.17) is 4.42 Å². The molecule has 7 nitrogen and oxygen atoms in total. The van der Waals surface area contributed by atoms with E-state index >= 15 is 0 Å². The molecule has 1 fully saturated rings. The Morgan fingerprint density at radius 2 is 1.71 bits per heavy atom. The third kappa shape index (κ3) is 4.70. The van der Waals surface area contributed by atoms with E-state index in [1.807, 2.05) is 24.3 Å². The highest BCUT2D eigenvalue weighted by Gasteiger charge is 2.28. The Labute approximate surface area is 199 Å². The lowest BCUT2D eigenvalue weighted by molar-refractivity contribution is 0.0703. The number of carbonyl (C=O) groups is 2. The van der Waals surface area contributed by atoms with Crippen LogP contribution in [0.4, 0.5) is 14.5 Å². The number of hydrogen-bond acceptors (Lipinski definition) is 5. The van der Waals surface area contributed by atoms with Gasteiger partial charge in [-0.05, 0) is 49.2 Å². The Kier molecular flexibility index (Phi) is 5.90. The highest BCUT2D eigenvalue weighted by molar-refractivity contribution is 6.05. The van der Waals surface area contributed by atoms with E-state index < -0.39 is 17.5 Å². The van der Waals surface area contributed by atoms with Crippen molar-refractivity contribution in [2.24, 2.45) is 0 Å². The average molecular weight is 477 g/mol. The first-order valence-electron chi connectivity index (χ1n) is 11.1. The molecule has 0 unspecified atom stereocenters. The summed E-state index contributed by atoms with van der Waals surface area (Å²) in [5, 5.41) is 12.9. The quantitative estimate of drug-likeness (QED) is 0.427.